The zero-order chi connectivity index (χ0) is 14.5. The van der Waals surface area contributed by atoms with Crippen LogP contribution in [0.3, 0.4) is 0 Å². The fourth-order valence-electron chi connectivity index (χ4n) is 1.77. The lowest BCUT2D eigenvalue weighted by Gasteiger charge is -2.01. The Morgan fingerprint density at radius 2 is 1.85 bits per heavy atom. The first-order valence-electron chi connectivity index (χ1n) is 5.90. The van der Waals surface area contributed by atoms with Gasteiger partial charge >= 0.3 is 0 Å². The van der Waals surface area contributed by atoms with E-state index in [4.69, 9.17) is 0 Å². The van der Waals surface area contributed by atoms with E-state index in [1.807, 2.05) is 0 Å². The zero-order valence-corrected chi connectivity index (χ0v) is 10.4. The molecule has 5 heteroatoms. The van der Waals surface area contributed by atoms with Crippen molar-refractivity contribution in [1.82, 2.24) is 0 Å². The van der Waals surface area contributed by atoms with Crippen LogP contribution in [0.4, 0.5) is 8.78 Å². The SMILES string of the molecule is O=[N+]([O-])C(=Cc1ccc(F)cc1F)Cc1ccccc1. The average Bonchev–Trinajstić information content (AvgIpc) is 2.42. The van der Waals surface area contributed by atoms with Crippen LogP contribution in [0.2, 0.25) is 0 Å². The number of allylic oxidation sites excluding steroid dienone is 1. The van der Waals surface area contributed by atoms with E-state index in [0.29, 0.717) is 6.07 Å². The summed E-state index contributed by atoms with van der Waals surface area (Å²) in [5.41, 5.74) is 0.591. The van der Waals surface area contributed by atoms with Gasteiger partial charge in [-0.2, -0.15) is 0 Å². The van der Waals surface area contributed by atoms with Crippen molar-refractivity contribution in [3.8, 4) is 0 Å². The standard InChI is InChI=1S/C15H11F2NO2/c16-13-7-6-12(15(17)10-13)9-14(18(19)20)8-11-4-2-1-3-5-11/h1-7,9-10H,8H2. The van der Waals surface area contributed by atoms with E-state index in [2.05, 4.69) is 0 Å². The van der Waals surface area contributed by atoms with E-state index in [0.717, 1.165) is 17.7 Å². The highest BCUT2D eigenvalue weighted by atomic mass is 19.1. The molecule has 0 aliphatic heterocycles. The summed E-state index contributed by atoms with van der Waals surface area (Å²) in [7, 11) is 0. The lowest BCUT2D eigenvalue weighted by Crippen LogP contribution is -2.03. The van der Waals surface area contributed by atoms with Crippen molar-refractivity contribution in [3.05, 3.63) is 87.1 Å². The topological polar surface area (TPSA) is 43.1 Å². The van der Waals surface area contributed by atoms with Crippen molar-refractivity contribution in [2.24, 2.45) is 0 Å². The Morgan fingerprint density at radius 1 is 1.15 bits per heavy atom. The molecule has 2 aromatic carbocycles. The van der Waals surface area contributed by atoms with Crippen LogP contribution in [0.1, 0.15) is 11.1 Å². The zero-order valence-electron chi connectivity index (χ0n) is 10.4. The molecule has 102 valence electrons. The van der Waals surface area contributed by atoms with E-state index < -0.39 is 16.6 Å². The number of hydrogen-bond donors (Lipinski definition) is 0. The first-order chi connectivity index (χ1) is 9.56. The van der Waals surface area contributed by atoms with Gasteiger partial charge in [0.25, 0.3) is 5.70 Å². The van der Waals surface area contributed by atoms with Crippen LogP contribution in [-0.2, 0) is 6.42 Å². The molecule has 0 aliphatic rings. The third kappa shape index (κ3) is 3.47. The molecule has 0 radical (unpaired) electrons. The smallest absolute Gasteiger partial charge is 0.251 e. The van der Waals surface area contributed by atoms with E-state index >= 15 is 0 Å². The van der Waals surface area contributed by atoms with Crippen molar-refractivity contribution in [2.75, 3.05) is 0 Å². The van der Waals surface area contributed by atoms with E-state index in [1.54, 1.807) is 30.3 Å². The van der Waals surface area contributed by atoms with Gasteiger partial charge < -0.3 is 0 Å². The molecule has 0 aliphatic carbocycles. The third-order valence-corrected chi connectivity index (χ3v) is 2.75. The Kier molecular flexibility index (Phi) is 4.20. The molecule has 2 rings (SSSR count). The van der Waals surface area contributed by atoms with E-state index in [1.165, 1.54) is 6.07 Å². The van der Waals surface area contributed by atoms with E-state index in [-0.39, 0.29) is 17.7 Å². The minimum atomic E-state index is -0.822. The van der Waals surface area contributed by atoms with Gasteiger partial charge in [-0.05, 0) is 17.7 Å². The van der Waals surface area contributed by atoms with Gasteiger partial charge in [-0.15, -0.1) is 0 Å². The fraction of sp³-hybridized carbons (Fsp3) is 0.0667. The van der Waals surface area contributed by atoms with Gasteiger partial charge in [-0.1, -0.05) is 30.3 Å². The second-order valence-electron chi connectivity index (χ2n) is 4.22. The molecular formula is C15H11F2NO2. The number of hydrogen-bond acceptors (Lipinski definition) is 2. The van der Waals surface area contributed by atoms with Crippen LogP contribution < -0.4 is 0 Å². The Morgan fingerprint density at radius 3 is 2.45 bits per heavy atom. The summed E-state index contributed by atoms with van der Waals surface area (Å²) >= 11 is 0. The van der Waals surface area contributed by atoms with Crippen LogP contribution in [-0.4, -0.2) is 4.92 Å². The molecule has 0 spiro atoms. The molecule has 3 nitrogen and oxygen atoms in total. The van der Waals surface area contributed by atoms with Crippen molar-refractivity contribution in [1.29, 1.82) is 0 Å². The number of rotatable bonds is 4. The van der Waals surface area contributed by atoms with Crippen molar-refractivity contribution >= 4 is 6.08 Å². The fourth-order valence-corrected chi connectivity index (χ4v) is 1.77. The third-order valence-electron chi connectivity index (χ3n) is 2.75. The lowest BCUT2D eigenvalue weighted by molar-refractivity contribution is -0.425. The predicted octanol–water partition coefficient (Wildman–Crippen LogP) is 3.83. The predicted molar refractivity (Wildman–Crippen MR) is 71.5 cm³/mol. The normalized spacial score (nSPS) is 11.4. The summed E-state index contributed by atoms with van der Waals surface area (Å²) in [6.07, 6.45) is 1.20. The first-order valence-corrected chi connectivity index (χ1v) is 5.90. The summed E-state index contributed by atoms with van der Waals surface area (Å²) < 4.78 is 26.3. The van der Waals surface area contributed by atoms with Crippen molar-refractivity contribution in [3.63, 3.8) is 0 Å². The maximum Gasteiger partial charge on any atom is 0.251 e. The summed E-state index contributed by atoms with van der Waals surface area (Å²) in [6.45, 7) is 0. The largest absolute Gasteiger partial charge is 0.259 e. The van der Waals surface area contributed by atoms with Gasteiger partial charge in [0.15, 0.2) is 0 Å². The molecule has 0 fully saturated rings. The summed E-state index contributed by atoms with van der Waals surface area (Å²) in [5, 5.41) is 11.0. The number of nitro groups is 1. The number of halogens is 2. The average molecular weight is 275 g/mol. The molecule has 0 heterocycles. The Labute approximate surface area is 114 Å². The highest BCUT2D eigenvalue weighted by Gasteiger charge is 2.13. The monoisotopic (exact) mass is 275 g/mol. The van der Waals surface area contributed by atoms with Crippen LogP contribution >= 0.6 is 0 Å². The molecule has 0 aromatic heterocycles. The van der Waals surface area contributed by atoms with Crippen LogP contribution in [0, 0.1) is 21.7 Å². The molecule has 2 aromatic rings. The van der Waals surface area contributed by atoms with Crippen LogP contribution in [0.25, 0.3) is 6.08 Å². The molecule has 0 bridgehead atoms. The summed E-state index contributed by atoms with van der Waals surface area (Å²) in [6, 6.07) is 11.8. The van der Waals surface area contributed by atoms with Gasteiger partial charge in [0, 0.05) is 17.7 Å². The first kappa shape index (κ1) is 13.9. The molecule has 0 saturated heterocycles. The second-order valence-corrected chi connectivity index (χ2v) is 4.22. The van der Waals surface area contributed by atoms with Gasteiger partial charge in [0.2, 0.25) is 0 Å². The maximum atomic E-state index is 13.5. The second kappa shape index (κ2) is 6.06. The molecule has 0 amide bonds. The van der Waals surface area contributed by atoms with Crippen molar-refractivity contribution in [2.45, 2.75) is 6.42 Å². The summed E-state index contributed by atoms with van der Waals surface area (Å²) in [5.74, 6) is -1.54. The van der Waals surface area contributed by atoms with Gasteiger partial charge in [-0.3, -0.25) is 10.1 Å². The van der Waals surface area contributed by atoms with Crippen LogP contribution in [0.15, 0.2) is 54.2 Å². The Hall–Kier alpha value is -2.56. The lowest BCUT2D eigenvalue weighted by atomic mass is 10.1. The molecule has 20 heavy (non-hydrogen) atoms. The van der Waals surface area contributed by atoms with Gasteiger partial charge in [-0.25, -0.2) is 8.78 Å². The highest BCUT2D eigenvalue weighted by Crippen LogP contribution is 2.16. The number of nitrogens with zero attached hydrogens (tertiary/aromatic N) is 1. The van der Waals surface area contributed by atoms with Crippen LogP contribution in [0.5, 0.6) is 0 Å². The van der Waals surface area contributed by atoms with Crippen molar-refractivity contribution < 1.29 is 13.7 Å². The Balaban J connectivity index is 2.33. The minimum Gasteiger partial charge on any atom is -0.259 e. The highest BCUT2D eigenvalue weighted by molar-refractivity contribution is 5.52. The molecule has 0 atom stereocenters. The summed E-state index contributed by atoms with van der Waals surface area (Å²) in [4.78, 5) is 10.5. The number of benzene rings is 2. The quantitative estimate of drug-likeness (QED) is 0.628. The molecule has 0 saturated carbocycles. The van der Waals surface area contributed by atoms with E-state index in [9.17, 15) is 18.9 Å². The van der Waals surface area contributed by atoms with Gasteiger partial charge in [0.05, 0.1) is 11.3 Å². The maximum absolute atomic E-state index is 13.5. The minimum absolute atomic E-state index is 0.00553. The Bertz CT molecular complexity index is 654. The molecular weight excluding hydrogens is 264 g/mol. The molecule has 0 unspecified atom stereocenters. The molecule has 0 N–H and O–H groups in total. The van der Waals surface area contributed by atoms with Gasteiger partial charge in [0.1, 0.15) is 11.6 Å².